The van der Waals surface area contributed by atoms with Crippen LogP contribution in [0, 0.1) is 0 Å². The zero-order valence-electron chi connectivity index (χ0n) is 24.8. The molecular weight excluding hydrogens is 997 g/mol. The van der Waals surface area contributed by atoms with E-state index in [-0.39, 0.29) is 0 Å². The van der Waals surface area contributed by atoms with E-state index in [1.165, 1.54) is 4.74 Å². The van der Waals surface area contributed by atoms with Gasteiger partial charge in [0.15, 0.2) is 6.67 Å². The summed E-state index contributed by atoms with van der Waals surface area (Å²) in [5.41, 5.74) is 0. The van der Waals surface area contributed by atoms with E-state index in [2.05, 4.69) is 0 Å². The molecule has 0 aromatic rings. The molecule has 0 aliphatic rings. The van der Waals surface area contributed by atoms with Crippen molar-refractivity contribution in [2.75, 3.05) is 6.67 Å². The summed E-state index contributed by atoms with van der Waals surface area (Å²) in [5.74, 6) is -66.3. The molecule has 0 aliphatic heterocycles. The highest BCUT2D eigenvalue weighted by Gasteiger charge is 2.94. The minimum Gasteiger partial charge on any atom is -0.281 e. The van der Waals surface area contributed by atoms with Gasteiger partial charge in [0.1, 0.15) is 0 Å². The Balaban J connectivity index is 0. The van der Waals surface area contributed by atoms with Gasteiger partial charge in [-0.2, -0.15) is 145 Å². The van der Waals surface area contributed by atoms with Gasteiger partial charge >= 0.3 is 106 Å². The van der Waals surface area contributed by atoms with Crippen LogP contribution in [0.1, 0.15) is 0 Å². The first-order chi connectivity index (χ1) is 24.7. The summed E-state index contributed by atoms with van der Waals surface area (Å²) < 4.78 is 472. The molecule has 59 heavy (non-hydrogen) atoms. The van der Waals surface area contributed by atoms with E-state index < -0.39 is 113 Å². The summed E-state index contributed by atoms with van der Waals surface area (Å²) in [5, 5.41) is -7.00. The van der Waals surface area contributed by atoms with Crippen LogP contribution < -0.4 is 0 Å². The zero-order chi connectivity index (χ0) is 49.3. The molecule has 0 unspecified atom stereocenters. The van der Waals surface area contributed by atoms with Crippen molar-refractivity contribution < 1.29 is 181 Å². The molecule has 0 rings (SSSR count). The Morgan fingerprint density at radius 1 is 0.339 bits per heavy atom. The average molecular weight is 1000 g/mol. The van der Waals surface area contributed by atoms with Gasteiger partial charge in [-0.25, -0.2) is 18.6 Å². The number of rotatable bonds is 17. The van der Waals surface area contributed by atoms with E-state index in [9.17, 15) is 162 Å². The van der Waals surface area contributed by atoms with Crippen molar-refractivity contribution >= 4 is 10.1 Å². The monoisotopic (exact) mass is 1000 g/mol. The predicted octanol–water partition coefficient (Wildman–Crippen LogP) is 10.6. The lowest BCUT2D eigenvalue weighted by molar-refractivity contribution is -0.574. The van der Waals surface area contributed by atoms with Gasteiger partial charge in [0, 0.05) is 0 Å². The molecule has 6 nitrogen and oxygen atoms in total. The second-order valence-electron chi connectivity index (χ2n) is 9.68. The molecule has 0 aliphatic carbocycles. The Morgan fingerprint density at radius 3 is 0.847 bits per heavy atom. The summed E-state index contributed by atoms with van der Waals surface area (Å²) in [6.45, 7) is -4.19. The molecule has 358 valence electrons. The maximum atomic E-state index is 13.4. The molecule has 0 saturated heterocycles. The molecule has 0 radical (unpaired) electrons. The molecule has 0 heterocycles. The molecule has 1 N–H and O–H groups in total. The SMILES string of the molecule is FCC(F)(F)C(F)(F)C(F)(F)C(F)(F)C(F)(F)C(F)(F)C(F)(F)OC(F)(F)C(F)(F)OC(F)(F)C(F)(F)OC(F)(F)F.O=S(=O)(O)C(F)(F)C(F)(F)C(F)(F)C(F)(F)F. The molecule has 0 spiro atoms. The van der Waals surface area contributed by atoms with Gasteiger partial charge in [-0.1, -0.05) is 0 Å². The molecule has 0 fully saturated rings. The van der Waals surface area contributed by atoms with E-state index in [4.69, 9.17) is 4.55 Å². The maximum Gasteiger partial charge on any atom is 0.527 e. The Kier molecular flexibility index (Phi) is 15.2. The fourth-order valence-electron chi connectivity index (χ4n) is 2.38. The first-order valence-electron chi connectivity index (χ1n) is 11.7. The van der Waals surface area contributed by atoms with Gasteiger partial charge in [-0.15, -0.1) is 13.2 Å². The number of hydrogen-bond donors (Lipinski definition) is 1. The number of hydrogen-bond acceptors (Lipinski definition) is 5. The van der Waals surface area contributed by atoms with Crippen LogP contribution in [-0.2, 0) is 24.3 Å². The van der Waals surface area contributed by atoms with E-state index in [0.29, 0.717) is 0 Å². The summed E-state index contributed by atoms with van der Waals surface area (Å²) >= 11 is 0. The lowest BCUT2D eigenvalue weighted by Crippen LogP contribution is -2.74. The second kappa shape index (κ2) is 15.3. The van der Waals surface area contributed by atoms with Crippen molar-refractivity contribution in [2.24, 2.45) is 0 Å². The first kappa shape index (κ1) is 58.4. The van der Waals surface area contributed by atoms with Crippen LogP contribution in [-0.4, -0.2) is 115 Å². The fourth-order valence-corrected chi connectivity index (χ4v) is 2.83. The standard InChI is InChI=1S/C13H2F26O3.C4HF9O3S/c14-1-2(15,16)3(17,18)4(19,20)5(21,22)6(23,24)7(25,26)8(27,28)40-9(29,30)10(31,32)41-11(33,34)12(35,36)42-13(37,38)39;5-1(6,3(9,10)11)2(7,8)4(12,13)17(14,15)16/h1H2;(H,14,15,16). The molecule has 0 amide bonds. The van der Waals surface area contributed by atoms with E-state index in [1.54, 1.807) is 0 Å². The molecule has 0 saturated carbocycles. The summed E-state index contributed by atoms with van der Waals surface area (Å²) in [6, 6.07) is 0. The fraction of sp³-hybridized carbons (Fsp3) is 1.00. The Hall–Kier alpha value is -2.66. The zero-order valence-corrected chi connectivity index (χ0v) is 25.6. The summed E-state index contributed by atoms with van der Waals surface area (Å²) in [7, 11) is -7.17. The predicted molar refractivity (Wildman–Crippen MR) is 102 cm³/mol. The highest BCUT2D eigenvalue weighted by atomic mass is 32.2. The number of alkyl halides is 35. The van der Waals surface area contributed by atoms with Gasteiger partial charge < -0.3 is 0 Å². The van der Waals surface area contributed by atoms with E-state index in [1.807, 2.05) is 0 Å². The topological polar surface area (TPSA) is 82.1 Å². The average Bonchev–Trinajstić information content (AvgIpc) is 2.92. The Bertz CT molecular complexity index is 1560. The summed E-state index contributed by atoms with van der Waals surface area (Å²) in [6.07, 6.45) is -54.8. The molecule has 0 bridgehead atoms. The van der Waals surface area contributed by atoms with Gasteiger partial charge in [0.2, 0.25) is 0 Å². The lowest BCUT2D eigenvalue weighted by atomic mass is 9.91. The van der Waals surface area contributed by atoms with Crippen LogP contribution in [0.2, 0.25) is 0 Å². The van der Waals surface area contributed by atoms with Gasteiger partial charge in [0.05, 0.1) is 0 Å². The van der Waals surface area contributed by atoms with Gasteiger partial charge in [-0.3, -0.25) is 4.55 Å². The van der Waals surface area contributed by atoms with Gasteiger partial charge in [-0.05, 0) is 0 Å². The maximum absolute atomic E-state index is 13.4. The smallest absolute Gasteiger partial charge is 0.281 e. The third-order valence-corrected chi connectivity index (χ3v) is 6.35. The third-order valence-electron chi connectivity index (χ3n) is 5.44. The van der Waals surface area contributed by atoms with Crippen molar-refractivity contribution in [3.63, 3.8) is 0 Å². The minimum atomic E-state index is -9.17. The largest absolute Gasteiger partial charge is 0.527 e. The van der Waals surface area contributed by atoms with Crippen molar-refractivity contribution in [1.82, 2.24) is 0 Å². The Morgan fingerprint density at radius 2 is 0.593 bits per heavy atom. The quantitative estimate of drug-likeness (QED) is 0.116. The highest BCUT2D eigenvalue weighted by molar-refractivity contribution is 7.87. The number of halogens is 35. The summed E-state index contributed by atoms with van der Waals surface area (Å²) in [4.78, 5) is 0. The molecule has 42 heteroatoms. The molecular formula is C17H3F35O6S. The normalized spacial score (nSPS) is 16.5. The third kappa shape index (κ3) is 9.86. The van der Waals surface area contributed by atoms with Gasteiger partial charge in [0.25, 0.3) is 0 Å². The van der Waals surface area contributed by atoms with Crippen LogP contribution in [0.5, 0.6) is 0 Å². The van der Waals surface area contributed by atoms with Crippen molar-refractivity contribution in [1.29, 1.82) is 0 Å². The Labute approximate surface area is 294 Å². The van der Waals surface area contributed by atoms with Crippen LogP contribution in [0.3, 0.4) is 0 Å². The minimum absolute atomic E-state index is 0.896. The van der Waals surface area contributed by atoms with Crippen LogP contribution in [0.15, 0.2) is 0 Å². The first-order valence-corrected chi connectivity index (χ1v) is 13.2. The lowest BCUT2D eigenvalue weighted by Gasteiger charge is -2.42. The van der Waals surface area contributed by atoms with Crippen LogP contribution in [0.25, 0.3) is 0 Å². The molecule has 0 atom stereocenters. The van der Waals surface area contributed by atoms with Crippen molar-refractivity contribution in [3.05, 3.63) is 0 Å². The second-order valence-corrected chi connectivity index (χ2v) is 11.1. The number of ether oxygens (including phenoxy) is 3. The van der Waals surface area contributed by atoms with Crippen molar-refractivity contribution in [3.8, 4) is 0 Å². The van der Waals surface area contributed by atoms with E-state index in [0.717, 1.165) is 9.47 Å². The molecule has 0 aromatic heterocycles. The van der Waals surface area contributed by atoms with Crippen molar-refractivity contribution in [2.45, 2.75) is 95.7 Å². The molecule has 0 aromatic carbocycles. The van der Waals surface area contributed by atoms with Crippen LogP contribution >= 0.6 is 0 Å². The highest BCUT2D eigenvalue weighted by Crippen LogP contribution is 2.63. The van der Waals surface area contributed by atoms with E-state index >= 15 is 0 Å². The van der Waals surface area contributed by atoms with Crippen LogP contribution in [0.4, 0.5) is 154 Å².